The molecule has 20 heavy (non-hydrogen) atoms. The van der Waals surface area contributed by atoms with Crippen LogP contribution in [0.15, 0.2) is 12.1 Å². The third kappa shape index (κ3) is 2.00. The van der Waals surface area contributed by atoms with Gasteiger partial charge < -0.3 is 4.74 Å². The molecule has 0 aromatic heterocycles. The molecule has 108 valence electrons. The first-order chi connectivity index (χ1) is 9.55. The molecular formula is C17H20ClFO. The van der Waals surface area contributed by atoms with Crippen LogP contribution in [0.3, 0.4) is 0 Å². The van der Waals surface area contributed by atoms with Crippen molar-refractivity contribution in [2.45, 2.75) is 51.2 Å². The topological polar surface area (TPSA) is 9.23 Å². The van der Waals surface area contributed by atoms with Gasteiger partial charge in [0, 0.05) is 5.02 Å². The maximum Gasteiger partial charge on any atom is 0.126 e. The summed E-state index contributed by atoms with van der Waals surface area (Å²) in [5, 5.41) is 0.621. The lowest BCUT2D eigenvalue weighted by Crippen LogP contribution is -2.36. The summed E-state index contributed by atoms with van der Waals surface area (Å²) in [6.45, 7) is 2.18. The minimum atomic E-state index is -0.193. The number of ether oxygens (including phenoxy) is 1. The molecule has 0 amide bonds. The smallest absolute Gasteiger partial charge is 0.126 e. The van der Waals surface area contributed by atoms with E-state index in [2.05, 4.69) is 0 Å². The zero-order valence-corrected chi connectivity index (χ0v) is 12.5. The van der Waals surface area contributed by atoms with Gasteiger partial charge in [-0.25, -0.2) is 4.39 Å². The van der Waals surface area contributed by atoms with E-state index in [4.69, 9.17) is 16.3 Å². The van der Waals surface area contributed by atoms with Gasteiger partial charge in [-0.2, -0.15) is 0 Å². The second-order valence-electron chi connectivity index (χ2n) is 7.13. The summed E-state index contributed by atoms with van der Waals surface area (Å²) in [5.74, 6) is 2.46. The Hall–Kier alpha value is -0.600. The Morgan fingerprint density at radius 1 is 1.25 bits per heavy atom. The Morgan fingerprint density at radius 2 is 1.95 bits per heavy atom. The third-order valence-corrected chi connectivity index (χ3v) is 6.08. The van der Waals surface area contributed by atoms with Crippen LogP contribution in [-0.2, 0) is 11.3 Å². The van der Waals surface area contributed by atoms with Gasteiger partial charge in [0.1, 0.15) is 5.82 Å². The van der Waals surface area contributed by atoms with Gasteiger partial charge in [-0.1, -0.05) is 11.6 Å². The highest BCUT2D eigenvalue weighted by Crippen LogP contribution is 2.61. The van der Waals surface area contributed by atoms with Gasteiger partial charge in [0.05, 0.1) is 12.2 Å². The van der Waals surface area contributed by atoms with E-state index in [1.807, 2.05) is 0 Å². The van der Waals surface area contributed by atoms with Crippen molar-refractivity contribution < 1.29 is 9.13 Å². The van der Waals surface area contributed by atoms with Crippen LogP contribution in [0.5, 0.6) is 0 Å². The molecule has 4 aliphatic rings. The van der Waals surface area contributed by atoms with Crippen LogP contribution < -0.4 is 0 Å². The van der Waals surface area contributed by atoms with Crippen LogP contribution in [-0.4, -0.2) is 5.60 Å². The highest BCUT2D eigenvalue weighted by atomic mass is 35.5. The lowest BCUT2D eigenvalue weighted by Gasteiger charge is -2.38. The quantitative estimate of drug-likeness (QED) is 0.772. The third-order valence-electron chi connectivity index (χ3n) is 5.73. The van der Waals surface area contributed by atoms with E-state index in [1.165, 1.54) is 38.2 Å². The van der Waals surface area contributed by atoms with E-state index in [1.54, 1.807) is 13.0 Å². The van der Waals surface area contributed by atoms with Crippen molar-refractivity contribution in [3.05, 3.63) is 34.1 Å². The van der Waals surface area contributed by atoms with Gasteiger partial charge in [-0.3, -0.25) is 0 Å². The first kappa shape index (κ1) is 13.1. The lowest BCUT2D eigenvalue weighted by atomic mass is 9.78. The number of halogens is 2. The number of aryl methyl sites for hydroxylation is 1. The predicted molar refractivity (Wildman–Crippen MR) is 77.2 cm³/mol. The molecule has 0 heterocycles. The van der Waals surface area contributed by atoms with Crippen molar-refractivity contribution in [2.75, 3.05) is 0 Å². The van der Waals surface area contributed by atoms with E-state index >= 15 is 0 Å². The fraction of sp³-hybridized carbons (Fsp3) is 0.647. The van der Waals surface area contributed by atoms with Crippen LogP contribution >= 0.6 is 11.6 Å². The van der Waals surface area contributed by atoms with E-state index in [0.717, 1.165) is 23.3 Å². The monoisotopic (exact) mass is 294 g/mol. The van der Waals surface area contributed by atoms with Crippen LogP contribution in [0.2, 0.25) is 5.02 Å². The van der Waals surface area contributed by atoms with Crippen LogP contribution in [0, 0.1) is 30.5 Å². The molecule has 4 saturated carbocycles. The zero-order chi connectivity index (χ0) is 13.9. The molecule has 1 aromatic carbocycles. The standard InChI is InChI=1S/C17H20ClFO/c1-10-2-15(18)14(5-16(10)19)9-20-17-6-11-3-12(7-17)13(4-11)8-17/h2,5,11-13H,3-4,6-9H2,1H3. The Kier molecular flexibility index (Phi) is 2.91. The largest absolute Gasteiger partial charge is 0.370 e. The summed E-state index contributed by atoms with van der Waals surface area (Å²) in [6.07, 6.45) is 6.44. The summed E-state index contributed by atoms with van der Waals surface area (Å²) < 4.78 is 19.9. The van der Waals surface area contributed by atoms with E-state index in [9.17, 15) is 4.39 Å². The maximum absolute atomic E-state index is 13.7. The van der Waals surface area contributed by atoms with Gasteiger partial charge in [0.15, 0.2) is 0 Å². The Labute approximate surface area is 124 Å². The summed E-state index contributed by atoms with van der Waals surface area (Å²) in [4.78, 5) is 0. The maximum atomic E-state index is 13.7. The van der Waals surface area contributed by atoms with E-state index in [0.29, 0.717) is 17.2 Å². The summed E-state index contributed by atoms with van der Waals surface area (Å²) in [5.41, 5.74) is 1.45. The first-order valence-electron chi connectivity index (χ1n) is 7.63. The fourth-order valence-corrected chi connectivity index (χ4v) is 5.21. The van der Waals surface area contributed by atoms with Crippen LogP contribution in [0.25, 0.3) is 0 Å². The number of rotatable bonds is 3. The van der Waals surface area contributed by atoms with Gasteiger partial charge in [-0.15, -0.1) is 0 Å². The molecule has 0 radical (unpaired) electrons. The van der Waals surface area contributed by atoms with Crippen molar-refractivity contribution in [3.8, 4) is 0 Å². The van der Waals surface area contributed by atoms with Gasteiger partial charge in [0.2, 0.25) is 0 Å². The van der Waals surface area contributed by atoms with Gasteiger partial charge in [0.25, 0.3) is 0 Å². The van der Waals surface area contributed by atoms with Gasteiger partial charge in [-0.05, 0) is 80.0 Å². The summed E-state index contributed by atoms with van der Waals surface area (Å²) in [6, 6.07) is 3.23. The number of hydrogen-bond acceptors (Lipinski definition) is 1. The fourth-order valence-electron chi connectivity index (χ4n) is 4.94. The molecule has 0 spiro atoms. The molecule has 5 rings (SSSR count). The van der Waals surface area contributed by atoms with Crippen molar-refractivity contribution in [1.82, 2.24) is 0 Å². The predicted octanol–water partition coefficient (Wildman–Crippen LogP) is 4.88. The van der Waals surface area contributed by atoms with Crippen molar-refractivity contribution in [3.63, 3.8) is 0 Å². The zero-order valence-electron chi connectivity index (χ0n) is 11.8. The van der Waals surface area contributed by atoms with Crippen molar-refractivity contribution >= 4 is 11.6 Å². The normalized spacial score (nSPS) is 37.9. The second-order valence-corrected chi connectivity index (χ2v) is 7.54. The summed E-state index contributed by atoms with van der Waals surface area (Å²) in [7, 11) is 0. The molecule has 4 aliphatic carbocycles. The highest BCUT2D eigenvalue weighted by Gasteiger charge is 2.56. The molecular weight excluding hydrogens is 275 g/mol. The molecule has 2 atom stereocenters. The van der Waals surface area contributed by atoms with Gasteiger partial charge >= 0.3 is 0 Å². The minimum Gasteiger partial charge on any atom is -0.370 e. The molecule has 4 bridgehead atoms. The second kappa shape index (κ2) is 4.45. The van der Waals surface area contributed by atoms with E-state index < -0.39 is 0 Å². The Morgan fingerprint density at radius 3 is 2.60 bits per heavy atom. The number of benzene rings is 1. The average Bonchev–Trinajstić information content (AvgIpc) is 2.80. The van der Waals surface area contributed by atoms with E-state index in [-0.39, 0.29) is 11.4 Å². The van der Waals surface area contributed by atoms with Crippen LogP contribution in [0.4, 0.5) is 4.39 Å². The average molecular weight is 295 g/mol. The summed E-state index contributed by atoms with van der Waals surface area (Å²) >= 11 is 6.21. The molecule has 0 N–H and O–H groups in total. The Bertz CT molecular complexity index is 537. The Balaban J connectivity index is 1.50. The first-order valence-corrected chi connectivity index (χ1v) is 8.01. The van der Waals surface area contributed by atoms with Crippen molar-refractivity contribution in [1.29, 1.82) is 0 Å². The van der Waals surface area contributed by atoms with Crippen LogP contribution in [0.1, 0.15) is 43.2 Å². The lowest BCUT2D eigenvalue weighted by molar-refractivity contribution is -0.0891. The molecule has 4 fully saturated rings. The molecule has 2 unspecified atom stereocenters. The number of hydrogen-bond donors (Lipinski definition) is 0. The minimum absolute atomic E-state index is 0.0706. The molecule has 0 saturated heterocycles. The van der Waals surface area contributed by atoms with Crippen molar-refractivity contribution in [2.24, 2.45) is 17.8 Å². The molecule has 0 aliphatic heterocycles. The molecule has 3 heteroatoms. The highest BCUT2D eigenvalue weighted by molar-refractivity contribution is 6.31. The SMILES string of the molecule is Cc1cc(Cl)c(COC23CC4CC(C2)C(C4)C3)cc1F. The molecule has 1 aromatic rings. The molecule has 1 nitrogen and oxygen atoms in total.